The molecule has 0 unspecified atom stereocenters. The standard InChI is InChI=1S/C15H17N5O/c1-2-8-16-15-19-13-12(17-10-18-13)14(20-15)21-9-11-6-4-3-5-7-11/h3-7,10H,2,8-9H2,1H3,(H2,16,17,18,19,20). The second kappa shape index (κ2) is 6.21. The Balaban J connectivity index is 1.83. The number of fused-ring (bicyclic) bond motifs is 1. The van der Waals surface area contributed by atoms with E-state index in [2.05, 4.69) is 32.2 Å². The molecule has 21 heavy (non-hydrogen) atoms. The van der Waals surface area contributed by atoms with Crippen LogP contribution in [0.4, 0.5) is 5.95 Å². The molecule has 0 saturated carbocycles. The highest BCUT2D eigenvalue weighted by molar-refractivity contribution is 5.76. The predicted molar refractivity (Wildman–Crippen MR) is 81.2 cm³/mol. The predicted octanol–water partition coefficient (Wildman–Crippen LogP) is 2.75. The van der Waals surface area contributed by atoms with Crippen molar-refractivity contribution in [1.82, 2.24) is 19.9 Å². The lowest BCUT2D eigenvalue weighted by atomic mass is 10.2. The number of hydrogen-bond donors (Lipinski definition) is 2. The minimum atomic E-state index is 0.458. The molecule has 3 rings (SSSR count). The largest absolute Gasteiger partial charge is 0.471 e. The van der Waals surface area contributed by atoms with E-state index in [0.29, 0.717) is 29.6 Å². The summed E-state index contributed by atoms with van der Waals surface area (Å²) in [6.45, 7) is 3.36. The van der Waals surface area contributed by atoms with Crippen LogP contribution in [0.25, 0.3) is 11.2 Å². The second-order valence-corrected chi connectivity index (χ2v) is 4.65. The van der Waals surface area contributed by atoms with E-state index in [-0.39, 0.29) is 0 Å². The molecular weight excluding hydrogens is 266 g/mol. The molecule has 0 fully saturated rings. The average molecular weight is 283 g/mol. The Morgan fingerprint density at radius 3 is 2.86 bits per heavy atom. The van der Waals surface area contributed by atoms with Crippen molar-refractivity contribution < 1.29 is 4.74 Å². The molecule has 0 saturated heterocycles. The Morgan fingerprint density at radius 1 is 1.19 bits per heavy atom. The summed E-state index contributed by atoms with van der Waals surface area (Å²) >= 11 is 0. The first kappa shape index (κ1) is 13.4. The molecule has 0 radical (unpaired) electrons. The summed E-state index contributed by atoms with van der Waals surface area (Å²) in [5.41, 5.74) is 2.41. The minimum absolute atomic E-state index is 0.458. The van der Waals surface area contributed by atoms with Crippen molar-refractivity contribution in [1.29, 1.82) is 0 Å². The first-order valence-electron chi connectivity index (χ1n) is 6.98. The molecule has 3 aromatic rings. The molecule has 0 amide bonds. The molecule has 1 aromatic carbocycles. The van der Waals surface area contributed by atoms with E-state index in [1.165, 1.54) is 0 Å². The Kier molecular flexibility index (Phi) is 3.95. The van der Waals surface area contributed by atoms with Gasteiger partial charge < -0.3 is 15.0 Å². The van der Waals surface area contributed by atoms with Crippen molar-refractivity contribution in [3.05, 3.63) is 42.2 Å². The van der Waals surface area contributed by atoms with Crippen LogP contribution in [-0.2, 0) is 6.61 Å². The first-order chi connectivity index (χ1) is 10.4. The molecule has 6 heteroatoms. The Bertz CT molecular complexity index is 710. The van der Waals surface area contributed by atoms with Crippen LogP contribution in [0.1, 0.15) is 18.9 Å². The van der Waals surface area contributed by atoms with Crippen LogP contribution in [0.15, 0.2) is 36.7 Å². The van der Waals surface area contributed by atoms with Crippen molar-refractivity contribution >= 4 is 17.1 Å². The van der Waals surface area contributed by atoms with Gasteiger partial charge in [0.1, 0.15) is 12.1 Å². The molecule has 2 aromatic heterocycles. The highest BCUT2D eigenvalue weighted by Crippen LogP contribution is 2.21. The zero-order valence-electron chi connectivity index (χ0n) is 11.8. The molecule has 108 valence electrons. The Labute approximate surface area is 122 Å². The molecule has 0 aliphatic carbocycles. The number of anilines is 1. The molecular formula is C15H17N5O. The zero-order valence-corrected chi connectivity index (χ0v) is 11.8. The van der Waals surface area contributed by atoms with Crippen molar-refractivity contribution in [3.8, 4) is 5.88 Å². The highest BCUT2D eigenvalue weighted by atomic mass is 16.5. The number of benzene rings is 1. The van der Waals surface area contributed by atoms with Crippen molar-refractivity contribution in [3.63, 3.8) is 0 Å². The highest BCUT2D eigenvalue weighted by Gasteiger charge is 2.11. The third kappa shape index (κ3) is 3.10. The minimum Gasteiger partial charge on any atom is -0.471 e. The molecule has 0 aliphatic rings. The quantitative estimate of drug-likeness (QED) is 0.727. The molecule has 6 nitrogen and oxygen atoms in total. The fourth-order valence-corrected chi connectivity index (χ4v) is 1.95. The lowest BCUT2D eigenvalue weighted by Crippen LogP contribution is -2.06. The fourth-order valence-electron chi connectivity index (χ4n) is 1.95. The van der Waals surface area contributed by atoms with E-state index in [0.717, 1.165) is 18.5 Å². The van der Waals surface area contributed by atoms with Crippen molar-refractivity contribution in [2.75, 3.05) is 11.9 Å². The number of hydrogen-bond acceptors (Lipinski definition) is 5. The lowest BCUT2D eigenvalue weighted by molar-refractivity contribution is 0.297. The van der Waals surface area contributed by atoms with E-state index in [9.17, 15) is 0 Å². The van der Waals surface area contributed by atoms with Gasteiger partial charge in [-0.2, -0.15) is 9.97 Å². The molecule has 2 heterocycles. The second-order valence-electron chi connectivity index (χ2n) is 4.65. The lowest BCUT2D eigenvalue weighted by Gasteiger charge is -2.08. The fraction of sp³-hybridized carbons (Fsp3) is 0.267. The summed E-state index contributed by atoms with van der Waals surface area (Å²) < 4.78 is 5.82. The number of nitrogens with one attached hydrogen (secondary N) is 2. The number of H-pyrrole nitrogens is 1. The number of ether oxygens (including phenoxy) is 1. The molecule has 0 bridgehead atoms. The molecule has 2 N–H and O–H groups in total. The number of rotatable bonds is 6. The third-order valence-electron chi connectivity index (χ3n) is 3.00. The van der Waals surface area contributed by atoms with Crippen LogP contribution >= 0.6 is 0 Å². The van der Waals surface area contributed by atoms with Gasteiger partial charge in [-0.3, -0.25) is 0 Å². The van der Waals surface area contributed by atoms with E-state index in [4.69, 9.17) is 4.74 Å². The average Bonchev–Trinajstić information content (AvgIpc) is 3.00. The van der Waals surface area contributed by atoms with Crippen LogP contribution in [0, 0.1) is 0 Å². The van der Waals surface area contributed by atoms with Crippen LogP contribution in [-0.4, -0.2) is 26.5 Å². The summed E-state index contributed by atoms with van der Waals surface area (Å²) in [7, 11) is 0. The van der Waals surface area contributed by atoms with Gasteiger partial charge >= 0.3 is 0 Å². The number of aromatic nitrogens is 4. The van der Waals surface area contributed by atoms with Gasteiger partial charge in [0, 0.05) is 6.54 Å². The van der Waals surface area contributed by atoms with Gasteiger partial charge in [-0.15, -0.1) is 0 Å². The van der Waals surface area contributed by atoms with Gasteiger partial charge in [0.05, 0.1) is 6.33 Å². The van der Waals surface area contributed by atoms with E-state index < -0.39 is 0 Å². The van der Waals surface area contributed by atoms with Gasteiger partial charge in [0.2, 0.25) is 11.8 Å². The summed E-state index contributed by atoms with van der Waals surface area (Å²) in [6.07, 6.45) is 2.60. The number of aromatic amines is 1. The number of nitrogens with zero attached hydrogens (tertiary/aromatic N) is 3. The zero-order chi connectivity index (χ0) is 14.5. The number of imidazole rings is 1. The third-order valence-corrected chi connectivity index (χ3v) is 3.00. The summed E-state index contributed by atoms with van der Waals surface area (Å²) in [4.78, 5) is 15.9. The summed E-state index contributed by atoms with van der Waals surface area (Å²) in [6, 6.07) is 9.98. The maximum atomic E-state index is 5.82. The summed E-state index contributed by atoms with van der Waals surface area (Å²) in [5, 5.41) is 3.16. The van der Waals surface area contributed by atoms with Crippen molar-refractivity contribution in [2.45, 2.75) is 20.0 Å². The van der Waals surface area contributed by atoms with E-state index >= 15 is 0 Å². The monoisotopic (exact) mass is 283 g/mol. The van der Waals surface area contributed by atoms with Gasteiger partial charge in [-0.1, -0.05) is 37.3 Å². The normalized spacial score (nSPS) is 10.7. The van der Waals surface area contributed by atoms with E-state index in [1.54, 1.807) is 6.33 Å². The van der Waals surface area contributed by atoms with E-state index in [1.807, 2.05) is 30.3 Å². The smallest absolute Gasteiger partial charge is 0.245 e. The van der Waals surface area contributed by atoms with Crippen LogP contribution in [0.3, 0.4) is 0 Å². The van der Waals surface area contributed by atoms with Crippen molar-refractivity contribution in [2.24, 2.45) is 0 Å². The topological polar surface area (TPSA) is 75.7 Å². The van der Waals surface area contributed by atoms with Gasteiger partial charge in [-0.25, -0.2) is 4.98 Å². The molecule has 0 spiro atoms. The van der Waals surface area contributed by atoms with Crippen LogP contribution in [0.2, 0.25) is 0 Å². The Morgan fingerprint density at radius 2 is 2.05 bits per heavy atom. The van der Waals surface area contributed by atoms with Crippen LogP contribution < -0.4 is 10.1 Å². The van der Waals surface area contributed by atoms with Crippen LogP contribution in [0.5, 0.6) is 5.88 Å². The van der Waals surface area contributed by atoms with Gasteiger partial charge in [0.15, 0.2) is 5.65 Å². The molecule has 0 aliphatic heterocycles. The van der Waals surface area contributed by atoms with Gasteiger partial charge in [-0.05, 0) is 12.0 Å². The maximum absolute atomic E-state index is 5.82. The SMILES string of the molecule is CCCNc1nc(OCc2ccccc2)c2[nH]cnc2n1. The molecule has 0 atom stereocenters. The summed E-state index contributed by atoms with van der Waals surface area (Å²) in [5.74, 6) is 1.06. The Hall–Kier alpha value is -2.63. The maximum Gasteiger partial charge on any atom is 0.245 e. The van der Waals surface area contributed by atoms with Gasteiger partial charge in [0.25, 0.3) is 0 Å². The first-order valence-corrected chi connectivity index (χ1v) is 6.98.